The molecule has 0 fully saturated rings. The SMILES string of the molecule is CCCCCCn1c(CCS)nc2cc(CC)ccc21. The highest BCUT2D eigenvalue weighted by Gasteiger charge is 2.10. The van der Waals surface area contributed by atoms with Gasteiger partial charge in [-0.2, -0.15) is 12.6 Å². The van der Waals surface area contributed by atoms with Crippen molar-refractivity contribution in [2.24, 2.45) is 0 Å². The van der Waals surface area contributed by atoms with Crippen LogP contribution in [-0.2, 0) is 19.4 Å². The quantitative estimate of drug-likeness (QED) is 0.553. The van der Waals surface area contributed by atoms with E-state index in [1.54, 1.807) is 0 Å². The third-order valence-corrected chi connectivity index (χ3v) is 4.09. The molecule has 0 atom stereocenters. The number of imidazole rings is 1. The molecule has 1 aromatic heterocycles. The van der Waals surface area contributed by atoms with E-state index in [1.165, 1.54) is 42.6 Å². The average molecular weight is 290 g/mol. The Kier molecular flexibility index (Phi) is 5.96. The summed E-state index contributed by atoms with van der Waals surface area (Å²) >= 11 is 4.37. The summed E-state index contributed by atoms with van der Waals surface area (Å²) in [6.07, 6.45) is 7.19. The summed E-state index contributed by atoms with van der Waals surface area (Å²) in [7, 11) is 0. The molecule has 3 heteroatoms. The van der Waals surface area contributed by atoms with Gasteiger partial charge in [0.15, 0.2) is 0 Å². The van der Waals surface area contributed by atoms with Gasteiger partial charge in [0.2, 0.25) is 0 Å². The van der Waals surface area contributed by atoms with Crippen LogP contribution in [0.3, 0.4) is 0 Å². The largest absolute Gasteiger partial charge is 0.328 e. The summed E-state index contributed by atoms with van der Waals surface area (Å²) in [5.74, 6) is 2.05. The number of rotatable bonds is 8. The van der Waals surface area contributed by atoms with Crippen LogP contribution in [0.1, 0.15) is 50.9 Å². The van der Waals surface area contributed by atoms with Crippen molar-refractivity contribution in [3.63, 3.8) is 0 Å². The van der Waals surface area contributed by atoms with Crippen LogP contribution in [0.2, 0.25) is 0 Å². The topological polar surface area (TPSA) is 17.8 Å². The maximum atomic E-state index is 4.82. The molecule has 20 heavy (non-hydrogen) atoms. The Morgan fingerprint density at radius 1 is 1.15 bits per heavy atom. The first kappa shape index (κ1) is 15.4. The number of nitrogens with zero attached hydrogens (tertiary/aromatic N) is 2. The highest BCUT2D eigenvalue weighted by molar-refractivity contribution is 7.80. The van der Waals surface area contributed by atoms with Crippen LogP contribution in [0, 0.1) is 0 Å². The van der Waals surface area contributed by atoms with Gasteiger partial charge in [0.05, 0.1) is 11.0 Å². The second-order valence-corrected chi connectivity index (χ2v) is 5.84. The molecule has 0 unspecified atom stereocenters. The Bertz CT molecular complexity index is 545. The summed E-state index contributed by atoms with van der Waals surface area (Å²) in [6, 6.07) is 6.71. The maximum Gasteiger partial charge on any atom is 0.110 e. The normalized spacial score (nSPS) is 11.3. The zero-order valence-electron chi connectivity index (χ0n) is 12.7. The maximum absolute atomic E-state index is 4.82. The molecule has 110 valence electrons. The monoisotopic (exact) mass is 290 g/mol. The molecule has 0 aliphatic rings. The Balaban J connectivity index is 2.25. The number of fused-ring (bicyclic) bond motifs is 1. The van der Waals surface area contributed by atoms with Crippen LogP contribution in [0.15, 0.2) is 18.2 Å². The van der Waals surface area contributed by atoms with E-state index >= 15 is 0 Å². The van der Waals surface area contributed by atoms with Crippen molar-refractivity contribution in [1.82, 2.24) is 9.55 Å². The molecule has 0 amide bonds. The lowest BCUT2D eigenvalue weighted by Gasteiger charge is -2.08. The van der Waals surface area contributed by atoms with Gasteiger partial charge in [-0.15, -0.1) is 0 Å². The Morgan fingerprint density at radius 2 is 2.00 bits per heavy atom. The van der Waals surface area contributed by atoms with E-state index in [-0.39, 0.29) is 0 Å². The number of benzene rings is 1. The lowest BCUT2D eigenvalue weighted by Crippen LogP contribution is -2.05. The number of unbranched alkanes of at least 4 members (excludes halogenated alkanes) is 3. The molecular weight excluding hydrogens is 264 g/mol. The van der Waals surface area contributed by atoms with Crippen molar-refractivity contribution in [3.8, 4) is 0 Å². The Morgan fingerprint density at radius 3 is 2.70 bits per heavy atom. The van der Waals surface area contributed by atoms with Crippen molar-refractivity contribution in [2.45, 2.75) is 58.9 Å². The van der Waals surface area contributed by atoms with E-state index in [2.05, 4.69) is 49.2 Å². The van der Waals surface area contributed by atoms with Crippen LogP contribution in [0.5, 0.6) is 0 Å². The summed E-state index contributed by atoms with van der Waals surface area (Å²) in [5, 5.41) is 0. The van der Waals surface area contributed by atoms with Crippen LogP contribution in [-0.4, -0.2) is 15.3 Å². The highest BCUT2D eigenvalue weighted by atomic mass is 32.1. The number of hydrogen-bond donors (Lipinski definition) is 1. The minimum atomic E-state index is 0.860. The summed E-state index contributed by atoms with van der Waals surface area (Å²) in [4.78, 5) is 4.82. The van der Waals surface area contributed by atoms with Crippen LogP contribution >= 0.6 is 12.6 Å². The van der Waals surface area contributed by atoms with E-state index in [0.29, 0.717) is 0 Å². The van der Waals surface area contributed by atoms with Crippen molar-refractivity contribution >= 4 is 23.7 Å². The average Bonchev–Trinajstić information content (AvgIpc) is 2.80. The second-order valence-electron chi connectivity index (χ2n) is 5.39. The van der Waals surface area contributed by atoms with Gasteiger partial charge >= 0.3 is 0 Å². The first-order valence-electron chi connectivity index (χ1n) is 7.89. The van der Waals surface area contributed by atoms with Crippen molar-refractivity contribution in [3.05, 3.63) is 29.6 Å². The molecule has 0 saturated carbocycles. The third kappa shape index (κ3) is 3.57. The Labute approximate surface area is 128 Å². The van der Waals surface area contributed by atoms with Crippen LogP contribution in [0.25, 0.3) is 11.0 Å². The van der Waals surface area contributed by atoms with E-state index in [1.807, 2.05) is 0 Å². The van der Waals surface area contributed by atoms with Crippen LogP contribution in [0.4, 0.5) is 0 Å². The predicted molar refractivity (Wildman–Crippen MR) is 90.8 cm³/mol. The minimum absolute atomic E-state index is 0.860. The van der Waals surface area contributed by atoms with Gasteiger partial charge in [-0.25, -0.2) is 4.98 Å². The van der Waals surface area contributed by atoms with Gasteiger partial charge in [0.1, 0.15) is 5.82 Å². The van der Waals surface area contributed by atoms with E-state index in [4.69, 9.17) is 4.98 Å². The molecule has 2 nitrogen and oxygen atoms in total. The lowest BCUT2D eigenvalue weighted by molar-refractivity contribution is 0.577. The molecule has 0 saturated heterocycles. The molecule has 2 rings (SSSR count). The molecule has 2 aromatic rings. The van der Waals surface area contributed by atoms with Crippen molar-refractivity contribution < 1.29 is 0 Å². The number of thiol groups is 1. The highest BCUT2D eigenvalue weighted by Crippen LogP contribution is 2.20. The summed E-state index contributed by atoms with van der Waals surface area (Å²) in [5.41, 5.74) is 3.80. The van der Waals surface area contributed by atoms with Gasteiger partial charge in [0, 0.05) is 13.0 Å². The second kappa shape index (κ2) is 7.72. The minimum Gasteiger partial charge on any atom is -0.328 e. The zero-order chi connectivity index (χ0) is 14.4. The molecule has 0 aliphatic heterocycles. The van der Waals surface area contributed by atoms with Gasteiger partial charge in [-0.1, -0.05) is 39.2 Å². The molecule has 1 aromatic carbocycles. The smallest absolute Gasteiger partial charge is 0.110 e. The summed E-state index contributed by atoms with van der Waals surface area (Å²) in [6.45, 7) is 5.54. The molecule has 1 heterocycles. The van der Waals surface area contributed by atoms with Gasteiger partial charge in [-0.3, -0.25) is 0 Å². The van der Waals surface area contributed by atoms with Crippen molar-refractivity contribution in [2.75, 3.05) is 5.75 Å². The molecule has 0 bridgehead atoms. The first-order valence-corrected chi connectivity index (χ1v) is 8.52. The lowest BCUT2D eigenvalue weighted by atomic mass is 10.1. The molecular formula is C17H26N2S. The third-order valence-electron chi connectivity index (χ3n) is 3.87. The fourth-order valence-electron chi connectivity index (χ4n) is 2.68. The Hall–Kier alpha value is -0.960. The number of aryl methyl sites for hydroxylation is 3. The van der Waals surface area contributed by atoms with E-state index in [9.17, 15) is 0 Å². The predicted octanol–water partition coefficient (Wildman–Crippen LogP) is 4.65. The van der Waals surface area contributed by atoms with Crippen LogP contribution < -0.4 is 0 Å². The molecule has 0 aliphatic carbocycles. The molecule has 0 radical (unpaired) electrons. The van der Waals surface area contributed by atoms with Gasteiger partial charge in [-0.05, 0) is 36.3 Å². The van der Waals surface area contributed by atoms with Crippen molar-refractivity contribution in [1.29, 1.82) is 0 Å². The zero-order valence-corrected chi connectivity index (χ0v) is 13.6. The standard InChI is InChI=1S/C17H26N2S/c1-3-5-6-7-11-19-16-9-8-14(4-2)13-15(16)18-17(19)10-12-20/h8-9,13,20H,3-7,10-12H2,1-2H3. The molecule has 0 N–H and O–H groups in total. The fraction of sp³-hybridized carbons (Fsp3) is 0.588. The first-order chi connectivity index (χ1) is 9.80. The van der Waals surface area contributed by atoms with E-state index in [0.717, 1.165) is 30.7 Å². The number of hydrogen-bond acceptors (Lipinski definition) is 2. The summed E-state index contributed by atoms with van der Waals surface area (Å²) < 4.78 is 2.40. The van der Waals surface area contributed by atoms with Gasteiger partial charge in [0.25, 0.3) is 0 Å². The van der Waals surface area contributed by atoms with E-state index < -0.39 is 0 Å². The molecule has 0 spiro atoms. The number of aromatic nitrogens is 2. The fourth-order valence-corrected chi connectivity index (χ4v) is 2.88. The van der Waals surface area contributed by atoms with Gasteiger partial charge < -0.3 is 4.57 Å².